The maximum Gasteiger partial charge on any atom is 0.311 e. The first-order valence-corrected chi connectivity index (χ1v) is 8.82. The van der Waals surface area contributed by atoms with Gasteiger partial charge in [-0.3, -0.25) is 4.79 Å². The molecule has 23 heavy (non-hydrogen) atoms. The Bertz CT molecular complexity index is 418. The number of rotatable bonds is 7. The zero-order chi connectivity index (χ0) is 17.3. The summed E-state index contributed by atoms with van der Waals surface area (Å²) in [5, 5.41) is 0. The molecule has 2 heterocycles. The first-order chi connectivity index (χ1) is 10.7. The molecule has 2 aliphatic rings. The monoisotopic (exact) mass is 328 g/mol. The Kier molecular flexibility index (Phi) is 5.75. The van der Waals surface area contributed by atoms with E-state index in [1.54, 1.807) is 0 Å². The van der Waals surface area contributed by atoms with Crippen LogP contribution in [0.3, 0.4) is 0 Å². The second-order valence-corrected chi connectivity index (χ2v) is 7.94. The molecule has 2 rings (SSSR count). The van der Waals surface area contributed by atoms with E-state index in [0.29, 0.717) is 13.2 Å². The number of ether oxygens (including phenoxy) is 4. The number of carbonyl (C=O) groups is 1. The minimum Gasteiger partial charge on any atom is -0.457 e. The fourth-order valence-corrected chi connectivity index (χ4v) is 3.14. The van der Waals surface area contributed by atoms with E-state index in [2.05, 4.69) is 20.8 Å². The van der Waals surface area contributed by atoms with E-state index in [9.17, 15) is 4.79 Å². The molecule has 0 spiro atoms. The molecule has 0 aliphatic carbocycles. The highest BCUT2D eigenvalue weighted by Crippen LogP contribution is 2.34. The van der Waals surface area contributed by atoms with Crippen molar-refractivity contribution in [3.8, 4) is 0 Å². The van der Waals surface area contributed by atoms with Gasteiger partial charge in [-0.15, -0.1) is 0 Å². The molecular formula is C18H32O5. The lowest BCUT2D eigenvalue weighted by molar-refractivity contribution is -0.164. The van der Waals surface area contributed by atoms with Gasteiger partial charge in [0, 0.05) is 0 Å². The molecule has 5 nitrogen and oxygen atoms in total. The quantitative estimate of drug-likeness (QED) is 0.672. The molecule has 0 aromatic carbocycles. The zero-order valence-corrected chi connectivity index (χ0v) is 15.4. The summed E-state index contributed by atoms with van der Waals surface area (Å²) in [5.41, 5.74) is -0.671. The van der Waals surface area contributed by atoms with E-state index in [1.165, 1.54) is 0 Å². The average Bonchev–Trinajstić information content (AvgIpc) is 3.02. The van der Waals surface area contributed by atoms with E-state index in [-0.39, 0.29) is 36.0 Å². The number of fused-ring (bicyclic) bond motifs is 1. The van der Waals surface area contributed by atoms with Crippen molar-refractivity contribution >= 4 is 5.97 Å². The van der Waals surface area contributed by atoms with Crippen molar-refractivity contribution < 1.29 is 23.7 Å². The van der Waals surface area contributed by atoms with E-state index in [4.69, 9.17) is 18.9 Å². The molecule has 0 radical (unpaired) electrons. The summed E-state index contributed by atoms with van der Waals surface area (Å²) in [6.07, 6.45) is 2.02. The molecule has 2 saturated heterocycles. The van der Waals surface area contributed by atoms with Gasteiger partial charge in [0.15, 0.2) is 6.10 Å². The smallest absolute Gasteiger partial charge is 0.311 e. The minimum absolute atomic E-state index is 0.0931. The highest BCUT2D eigenvalue weighted by molar-refractivity contribution is 5.76. The first-order valence-electron chi connectivity index (χ1n) is 8.82. The Labute approximate surface area is 140 Å². The van der Waals surface area contributed by atoms with Crippen LogP contribution in [-0.4, -0.2) is 49.2 Å². The van der Waals surface area contributed by atoms with E-state index >= 15 is 0 Å². The van der Waals surface area contributed by atoms with Gasteiger partial charge in [0.2, 0.25) is 0 Å². The molecule has 0 bridgehead atoms. The predicted molar refractivity (Wildman–Crippen MR) is 87.3 cm³/mol. The van der Waals surface area contributed by atoms with Crippen LogP contribution >= 0.6 is 0 Å². The summed E-state index contributed by atoms with van der Waals surface area (Å²) in [4.78, 5) is 12.3. The maximum absolute atomic E-state index is 12.3. The fourth-order valence-electron chi connectivity index (χ4n) is 3.14. The van der Waals surface area contributed by atoms with Crippen molar-refractivity contribution in [1.82, 2.24) is 0 Å². The lowest BCUT2D eigenvalue weighted by Crippen LogP contribution is -2.40. The normalized spacial score (nSPS) is 31.2. The molecule has 2 aliphatic heterocycles. The lowest BCUT2D eigenvalue weighted by Gasteiger charge is -2.30. The SMILES string of the molecule is CCCC(C)(C)OC1COC2C(OC(=O)C(C)(C)CC)COC12. The fraction of sp³-hybridized carbons (Fsp3) is 0.944. The molecule has 0 saturated carbocycles. The number of carbonyl (C=O) groups excluding carboxylic acids is 1. The van der Waals surface area contributed by atoms with Crippen molar-refractivity contribution in [3.05, 3.63) is 0 Å². The van der Waals surface area contributed by atoms with Gasteiger partial charge >= 0.3 is 5.97 Å². The van der Waals surface area contributed by atoms with Crippen LogP contribution < -0.4 is 0 Å². The standard InChI is InChI=1S/C18H32O5/c1-7-9-18(5,6)23-13-11-21-14-12(10-20-15(13)14)22-16(19)17(3,4)8-2/h12-15H,7-11H2,1-6H3. The highest BCUT2D eigenvalue weighted by Gasteiger charge is 2.51. The Balaban J connectivity index is 1.93. The van der Waals surface area contributed by atoms with Crippen LogP contribution in [0.4, 0.5) is 0 Å². The Hall–Kier alpha value is -0.650. The van der Waals surface area contributed by atoms with E-state index in [0.717, 1.165) is 19.3 Å². The van der Waals surface area contributed by atoms with Crippen LogP contribution in [0.15, 0.2) is 0 Å². The third-order valence-corrected chi connectivity index (χ3v) is 4.98. The van der Waals surface area contributed by atoms with Crippen molar-refractivity contribution in [2.24, 2.45) is 5.41 Å². The van der Waals surface area contributed by atoms with E-state index < -0.39 is 5.41 Å². The molecule has 0 aromatic heterocycles. The third-order valence-electron chi connectivity index (χ3n) is 4.98. The van der Waals surface area contributed by atoms with Gasteiger partial charge in [-0.2, -0.15) is 0 Å². The largest absolute Gasteiger partial charge is 0.457 e. The average molecular weight is 328 g/mol. The van der Waals surface area contributed by atoms with E-state index in [1.807, 2.05) is 20.8 Å². The van der Waals surface area contributed by atoms with Crippen LogP contribution in [0.5, 0.6) is 0 Å². The second-order valence-electron chi connectivity index (χ2n) is 7.94. The molecule has 4 unspecified atom stereocenters. The van der Waals surface area contributed by atoms with Crippen molar-refractivity contribution in [2.75, 3.05) is 13.2 Å². The minimum atomic E-state index is -0.476. The van der Waals surface area contributed by atoms with Crippen molar-refractivity contribution in [1.29, 1.82) is 0 Å². The number of hydrogen-bond acceptors (Lipinski definition) is 5. The number of hydrogen-bond donors (Lipinski definition) is 0. The Morgan fingerprint density at radius 1 is 1.04 bits per heavy atom. The van der Waals surface area contributed by atoms with Crippen LogP contribution in [0.1, 0.15) is 60.8 Å². The third kappa shape index (κ3) is 4.25. The lowest BCUT2D eigenvalue weighted by atomic mass is 9.90. The maximum atomic E-state index is 12.3. The molecular weight excluding hydrogens is 296 g/mol. The van der Waals surface area contributed by atoms with Crippen LogP contribution in [0.25, 0.3) is 0 Å². The summed E-state index contributed by atoms with van der Waals surface area (Å²) in [7, 11) is 0. The van der Waals surface area contributed by atoms with Gasteiger partial charge in [0.1, 0.15) is 18.3 Å². The Morgan fingerprint density at radius 2 is 1.61 bits per heavy atom. The van der Waals surface area contributed by atoms with Gasteiger partial charge < -0.3 is 18.9 Å². The zero-order valence-electron chi connectivity index (χ0n) is 15.4. The topological polar surface area (TPSA) is 54.0 Å². The van der Waals surface area contributed by atoms with Gasteiger partial charge in [-0.1, -0.05) is 20.3 Å². The van der Waals surface area contributed by atoms with Crippen LogP contribution in [0.2, 0.25) is 0 Å². The molecule has 0 N–H and O–H groups in total. The molecule has 0 aromatic rings. The van der Waals surface area contributed by atoms with Crippen LogP contribution in [-0.2, 0) is 23.7 Å². The van der Waals surface area contributed by atoms with Gasteiger partial charge in [-0.05, 0) is 40.5 Å². The summed E-state index contributed by atoms with van der Waals surface area (Å²) in [6, 6.07) is 0. The predicted octanol–water partition coefficient (Wildman–Crippen LogP) is 3.10. The van der Waals surface area contributed by atoms with Gasteiger partial charge in [0.05, 0.1) is 24.2 Å². The number of esters is 1. The molecule has 4 atom stereocenters. The molecule has 5 heteroatoms. The van der Waals surface area contributed by atoms with Gasteiger partial charge in [-0.25, -0.2) is 0 Å². The molecule has 0 amide bonds. The summed E-state index contributed by atoms with van der Waals surface area (Å²) in [5.74, 6) is -0.187. The molecule has 2 fully saturated rings. The van der Waals surface area contributed by atoms with Crippen molar-refractivity contribution in [3.63, 3.8) is 0 Å². The van der Waals surface area contributed by atoms with Crippen LogP contribution in [0, 0.1) is 5.41 Å². The molecule has 134 valence electrons. The summed E-state index contributed by atoms with van der Waals surface area (Å²) >= 11 is 0. The van der Waals surface area contributed by atoms with Crippen molar-refractivity contribution in [2.45, 2.75) is 90.8 Å². The van der Waals surface area contributed by atoms with Gasteiger partial charge in [0.25, 0.3) is 0 Å². The Morgan fingerprint density at radius 3 is 2.17 bits per heavy atom. The first kappa shape index (κ1) is 18.7. The second kappa shape index (κ2) is 7.08. The summed E-state index contributed by atoms with van der Waals surface area (Å²) in [6.45, 7) is 13.0. The highest BCUT2D eigenvalue weighted by atomic mass is 16.7. The summed E-state index contributed by atoms with van der Waals surface area (Å²) < 4.78 is 23.6.